The van der Waals surface area contributed by atoms with Gasteiger partial charge in [0, 0.05) is 24.6 Å². The Morgan fingerprint density at radius 1 is 0.975 bits per heavy atom. The maximum Gasteiger partial charge on any atom is 0.326 e. The van der Waals surface area contributed by atoms with Gasteiger partial charge in [0.05, 0.1) is 32.1 Å². The van der Waals surface area contributed by atoms with Gasteiger partial charge in [-0.25, -0.2) is 13.6 Å². The first-order chi connectivity index (χ1) is 19.3. The number of carboxylic acids is 1. The van der Waals surface area contributed by atoms with Crippen LogP contribution in [0.1, 0.15) is 28.4 Å². The number of hydrogen-bond donors (Lipinski definition) is 2. The molecule has 0 aliphatic rings. The lowest BCUT2D eigenvalue weighted by molar-refractivity contribution is -0.139. The van der Waals surface area contributed by atoms with Crippen molar-refractivity contribution in [3.8, 4) is 22.8 Å². The van der Waals surface area contributed by atoms with E-state index in [1.807, 2.05) is 25.1 Å². The number of rotatable bonds is 11. The maximum atomic E-state index is 14.1. The molecular weight excluding hydrogens is 522 g/mol. The summed E-state index contributed by atoms with van der Waals surface area (Å²) in [6.07, 6.45) is 1.43. The summed E-state index contributed by atoms with van der Waals surface area (Å²) in [6, 6.07) is 12.2. The molecule has 0 spiro atoms. The Morgan fingerprint density at radius 3 is 2.23 bits per heavy atom. The first-order valence-electron chi connectivity index (χ1n) is 12.5. The molecule has 208 valence electrons. The highest BCUT2D eigenvalue weighted by Crippen LogP contribution is 2.42. The number of halogens is 2. The molecule has 0 saturated heterocycles. The summed E-state index contributed by atoms with van der Waals surface area (Å²) in [5.74, 6) is -3.66. The molecule has 4 rings (SSSR count). The highest BCUT2D eigenvalue weighted by Gasteiger charge is 2.26. The molecule has 0 fully saturated rings. The zero-order valence-corrected chi connectivity index (χ0v) is 22.2. The third-order valence-electron chi connectivity index (χ3n) is 6.39. The van der Waals surface area contributed by atoms with Gasteiger partial charge in [-0.1, -0.05) is 24.3 Å². The number of carbonyl (C=O) groups is 2. The van der Waals surface area contributed by atoms with Gasteiger partial charge in [0.15, 0.2) is 0 Å². The summed E-state index contributed by atoms with van der Waals surface area (Å²) in [7, 11) is 3.08. The number of amides is 1. The van der Waals surface area contributed by atoms with Crippen LogP contribution in [0.5, 0.6) is 11.5 Å². The number of fused-ring (bicyclic) bond motifs is 1. The normalized spacial score (nSPS) is 11.7. The van der Waals surface area contributed by atoms with E-state index in [9.17, 15) is 23.5 Å². The first-order valence-corrected chi connectivity index (χ1v) is 12.5. The minimum absolute atomic E-state index is 0.153. The summed E-state index contributed by atoms with van der Waals surface area (Å²) < 4.78 is 45.1. The summed E-state index contributed by atoms with van der Waals surface area (Å²) in [5, 5.41) is 13.4. The van der Waals surface area contributed by atoms with Gasteiger partial charge in [0.2, 0.25) is 0 Å². The SMILES string of the molecule is CCOCc1cc(OC)c(-c2nccc3c(C[C@H](NC(=O)c4c(F)cccc4F)C(=O)O)cccc23)c(OC)c1. The van der Waals surface area contributed by atoms with E-state index in [-0.39, 0.29) is 6.42 Å². The summed E-state index contributed by atoms with van der Waals surface area (Å²) in [6.45, 7) is 2.82. The van der Waals surface area contributed by atoms with Gasteiger partial charge in [-0.3, -0.25) is 9.78 Å². The van der Waals surface area contributed by atoms with Crippen molar-refractivity contribution in [1.82, 2.24) is 10.3 Å². The number of carbonyl (C=O) groups excluding carboxylic acids is 1. The third-order valence-corrected chi connectivity index (χ3v) is 6.39. The summed E-state index contributed by atoms with van der Waals surface area (Å²) >= 11 is 0. The van der Waals surface area contributed by atoms with Crippen molar-refractivity contribution >= 4 is 22.6 Å². The van der Waals surface area contributed by atoms with Crippen LogP contribution in [0.4, 0.5) is 8.78 Å². The van der Waals surface area contributed by atoms with Crippen molar-refractivity contribution in [2.24, 2.45) is 0 Å². The monoisotopic (exact) mass is 550 g/mol. The van der Waals surface area contributed by atoms with Crippen LogP contribution in [-0.4, -0.2) is 48.8 Å². The van der Waals surface area contributed by atoms with E-state index in [0.717, 1.165) is 23.8 Å². The number of aromatic nitrogens is 1. The molecule has 40 heavy (non-hydrogen) atoms. The zero-order chi connectivity index (χ0) is 28.8. The molecule has 0 aliphatic heterocycles. The Kier molecular flexibility index (Phi) is 8.90. The van der Waals surface area contributed by atoms with E-state index in [2.05, 4.69) is 10.3 Å². The summed E-state index contributed by atoms with van der Waals surface area (Å²) in [4.78, 5) is 29.3. The fourth-order valence-corrected chi connectivity index (χ4v) is 4.52. The van der Waals surface area contributed by atoms with Crippen molar-refractivity contribution in [3.05, 3.63) is 89.1 Å². The van der Waals surface area contributed by atoms with Gasteiger partial charge in [-0.15, -0.1) is 0 Å². The number of carboxylic acid groups (broad SMARTS) is 1. The molecule has 0 aliphatic carbocycles. The average molecular weight is 551 g/mol. The number of benzene rings is 3. The van der Waals surface area contributed by atoms with Gasteiger partial charge < -0.3 is 24.6 Å². The minimum atomic E-state index is -1.46. The smallest absolute Gasteiger partial charge is 0.326 e. The van der Waals surface area contributed by atoms with Gasteiger partial charge in [0.1, 0.15) is 34.7 Å². The number of nitrogens with one attached hydrogen (secondary N) is 1. The van der Waals surface area contributed by atoms with E-state index in [0.29, 0.717) is 52.3 Å². The Bertz CT molecular complexity index is 1510. The van der Waals surface area contributed by atoms with Crippen molar-refractivity contribution in [2.75, 3.05) is 20.8 Å². The van der Waals surface area contributed by atoms with Crippen LogP contribution in [0, 0.1) is 11.6 Å². The Morgan fingerprint density at radius 2 is 1.62 bits per heavy atom. The molecule has 3 aromatic carbocycles. The lowest BCUT2D eigenvalue weighted by Crippen LogP contribution is -2.43. The summed E-state index contributed by atoms with van der Waals surface area (Å²) in [5.41, 5.74) is 1.73. The van der Waals surface area contributed by atoms with Gasteiger partial charge in [-0.05, 0) is 53.8 Å². The molecule has 1 heterocycles. The molecule has 4 aromatic rings. The Balaban J connectivity index is 1.75. The lowest BCUT2D eigenvalue weighted by atomic mass is 9.95. The molecule has 2 N–H and O–H groups in total. The molecule has 10 heteroatoms. The Hall–Kier alpha value is -4.57. The maximum absolute atomic E-state index is 14.1. The van der Waals surface area contributed by atoms with E-state index in [1.54, 1.807) is 24.4 Å². The van der Waals surface area contributed by atoms with Crippen LogP contribution in [0.15, 0.2) is 60.8 Å². The molecule has 8 nitrogen and oxygen atoms in total. The van der Waals surface area contributed by atoms with E-state index >= 15 is 0 Å². The molecular formula is C30H28F2N2O6. The number of methoxy groups -OCH3 is 2. The van der Waals surface area contributed by atoms with Crippen LogP contribution in [0.25, 0.3) is 22.0 Å². The van der Waals surface area contributed by atoms with Crippen LogP contribution in [-0.2, 0) is 22.6 Å². The van der Waals surface area contributed by atoms with Crippen LogP contribution in [0.2, 0.25) is 0 Å². The number of pyridine rings is 1. The van der Waals surface area contributed by atoms with Crippen molar-refractivity contribution < 1.29 is 37.7 Å². The van der Waals surface area contributed by atoms with Crippen LogP contribution >= 0.6 is 0 Å². The minimum Gasteiger partial charge on any atom is -0.496 e. The standard InChI is InChI=1S/C30H28F2N2O6/c1-4-40-16-17-13-24(38-2)27(25(14-17)39-3)28-20-8-5-7-18(19(20)11-12-33-28)15-23(30(36)37)34-29(35)26-21(31)9-6-10-22(26)32/h5-14,23H,4,15-16H2,1-3H3,(H,34,35)(H,36,37)/t23-/m0/s1. The van der Waals surface area contributed by atoms with Gasteiger partial charge in [0.25, 0.3) is 5.91 Å². The van der Waals surface area contributed by atoms with Crippen molar-refractivity contribution in [2.45, 2.75) is 26.0 Å². The van der Waals surface area contributed by atoms with Crippen LogP contribution in [0.3, 0.4) is 0 Å². The van der Waals surface area contributed by atoms with Gasteiger partial charge >= 0.3 is 5.97 Å². The highest BCUT2D eigenvalue weighted by atomic mass is 19.1. The number of hydrogen-bond acceptors (Lipinski definition) is 6. The number of ether oxygens (including phenoxy) is 3. The fraction of sp³-hybridized carbons (Fsp3) is 0.233. The average Bonchev–Trinajstić information content (AvgIpc) is 2.94. The molecule has 0 saturated carbocycles. The topological polar surface area (TPSA) is 107 Å². The molecule has 1 amide bonds. The molecule has 0 bridgehead atoms. The molecule has 0 radical (unpaired) electrons. The quantitative estimate of drug-likeness (QED) is 0.266. The second-order valence-electron chi connectivity index (χ2n) is 8.85. The zero-order valence-electron chi connectivity index (χ0n) is 22.2. The molecule has 1 aromatic heterocycles. The van der Waals surface area contributed by atoms with Crippen LogP contribution < -0.4 is 14.8 Å². The number of nitrogens with zero attached hydrogens (tertiary/aromatic N) is 1. The van der Waals surface area contributed by atoms with E-state index in [4.69, 9.17) is 14.2 Å². The third kappa shape index (κ3) is 5.86. The largest absolute Gasteiger partial charge is 0.496 e. The van der Waals surface area contributed by atoms with E-state index in [1.165, 1.54) is 14.2 Å². The second kappa shape index (κ2) is 12.5. The van der Waals surface area contributed by atoms with E-state index < -0.39 is 35.1 Å². The van der Waals surface area contributed by atoms with Crippen molar-refractivity contribution in [3.63, 3.8) is 0 Å². The number of aliphatic carboxylic acids is 1. The van der Waals surface area contributed by atoms with Gasteiger partial charge in [-0.2, -0.15) is 0 Å². The van der Waals surface area contributed by atoms with Crippen molar-refractivity contribution in [1.29, 1.82) is 0 Å². The fourth-order valence-electron chi connectivity index (χ4n) is 4.52. The molecule has 0 unspecified atom stereocenters. The highest BCUT2D eigenvalue weighted by molar-refractivity contribution is 6.00. The molecule has 1 atom stereocenters. The predicted octanol–water partition coefficient (Wildman–Crippen LogP) is 5.16. The Labute approximate surface area is 229 Å². The predicted molar refractivity (Wildman–Crippen MR) is 145 cm³/mol. The lowest BCUT2D eigenvalue weighted by Gasteiger charge is -2.19. The first kappa shape index (κ1) is 28.4. The second-order valence-corrected chi connectivity index (χ2v) is 8.85.